The van der Waals surface area contributed by atoms with Crippen molar-refractivity contribution < 1.29 is 9.84 Å². The number of thioether (sulfide) groups is 1. The highest BCUT2D eigenvalue weighted by Crippen LogP contribution is 2.32. The molecule has 0 saturated carbocycles. The van der Waals surface area contributed by atoms with Crippen LogP contribution in [0.15, 0.2) is 27.8 Å². The van der Waals surface area contributed by atoms with Crippen LogP contribution < -0.4 is 10.3 Å². The maximum atomic E-state index is 9.57. The number of morpholine rings is 1. The van der Waals surface area contributed by atoms with Crippen molar-refractivity contribution in [1.82, 2.24) is 9.97 Å². The maximum absolute atomic E-state index is 9.57. The van der Waals surface area contributed by atoms with Gasteiger partial charge >= 0.3 is 0 Å². The minimum absolute atomic E-state index is 0.200. The number of nitrogens with zero attached hydrogens (tertiary/aromatic N) is 4. The van der Waals surface area contributed by atoms with Gasteiger partial charge in [-0.05, 0) is 51.9 Å². The van der Waals surface area contributed by atoms with Crippen molar-refractivity contribution in [3.05, 3.63) is 39.5 Å². The van der Waals surface area contributed by atoms with Gasteiger partial charge in [0, 0.05) is 24.4 Å². The van der Waals surface area contributed by atoms with E-state index in [9.17, 15) is 5.11 Å². The van der Waals surface area contributed by atoms with Crippen molar-refractivity contribution >= 4 is 45.7 Å². The summed E-state index contributed by atoms with van der Waals surface area (Å²) in [6, 6.07) is 5.20. The van der Waals surface area contributed by atoms with Crippen molar-refractivity contribution in [2.75, 3.05) is 42.4 Å². The van der Waals surface area contributed by atoms with Crippen LogP contribution in [0.5, 0.6) is 5.75 Å². The number of phenolic OH excluding ortho intramolecular Hbond substituents is 1. The molecule has 2 aliphatic rings. The van der Waals surface area contributed by atoms with Gasteiger partial charge in [-0.15, -0.1) is 0 Å². The van der Waals surface area contributed by atoms with Crippen LogP contribution in [0.2, 0.25) is 0 Å². The smallest absolute Gasteiger partial charge is 0.245 e. The molecule has 1 aromatic carbocycles. The molecule has 9 heteroatoms. The SMILES string of the molecule is Oc1ccc(/C=N/Nc2nc3c(c(N4CCOCC4)n2)CSCC3)cc1Br. The van der Waals surface area contributed by atoms with E-state index in [0.29, 0.717) is 10.4 Å². The van der Waals surface area contributed by atoms with E-state index in [0.717, 1.165) is 61.3 Å². The Hall–Kier alpha value is -1.84. The number of aryl methyl sites for hydroxylation is 1. The highest BCUT2D eigenvalue weighted by molar-refractivity contribution is 9.10. The Bertz CT molecular complexity index is 858. The van der Waals surface area contributed by atoms with Gasteiger partial charge in [-0.1, -0.05) is 0 Å². The quantitative estimate of drug-likeness (QED) is 0.548. The van der Waals surface area contributed by atoms with Crippen molar-refractivity contribution in [1.29, 1.82) is 0 Å². The van der Waals surface area contributed by atoms with Gasteiger partial charge in [-0.2, -0.15) is 21.8 Å². The summed E-state index contributed by atoms with van der Waals surface area (Å²) in [4.78, 5) is 11.7. The van der Waals surface area contributed by atoms with Crippen LogP contribution in [0.1, 0.15) is 16.8 Å². The molecule has 2 aromatic rings. The van der Waals surface area contributed by atoms with Gasteiger partial charge in [0.05, 0.1) is 29.6 Å². The number of nitrogens with one attached hydrogen (secondary N) is 1. The molecule has 4 rings (SSSR count). The largest absolute Gasteiger partial charge is 0.507 e. The van der Waals surface area contributed by atoms with Crippen LogP contribution in [-0.2, 0) is 16.9 Å². The first-order valence-electron chi connectivity index (χ1n) is 8.78. The summed E-state index contributed by atoms with van der Waals surface area (Å²) < 4.78 is 6.10. The Balaban J connectivity index is 1.56. The number of benzene rings is 1. The van der Waals surface area contributed by atoms with Gasteiger partial charge in [0.15, 0.2) is 0 Å². The summed E-state index contributed by atoms with van der Waals surface area (Å²) >= 11 is 5.23. The zero-order valence-corrected chi connectivity index (χ0v) is 17.1. The van der Waals surface area contributed by atoms with Crippen LogP contribution in [-0.4, -0.2) is 53.3 Å². The van der Waals surface area contributed by atoms with Gasteiger partial charge in [0.2, 0.25) is 5.95 Å². The van der Waals surface area contributed by atoms with E-state index < -0.39 is 0 Å². The number of hydrogen-bond donors (Lipinski definition) is 2. The standard InChI is InChI=1S/C18H20BrN5O2S/c19-14-9-12(1-2-16(14)25)10-20-23-18-21-15-3-8-27-11-13(15)17(22-18)24-4-6-26-7-5-24/h1-2,9-10,25H,3-8,11H2,(H,21,22,23)/b20-10+. The molecular formula is C18H20BrN5O2S. The molecule has 0 spiro atoms. The van der Waals surface area contributed by atoms with Gasteiger partial charge in [-0.3, -0.25) is 0 Å². The second-order valence-corrected chi connectivity index (χ2v) is 8.24. The fourth-order valence-corrected chi connectivity index (χ4v) is 4.45. The number of anilines is 2. The first-order valence-corrected chi connectivity index (χ1v) is 10.7. The van der Waals surface area contributed by atoms with E-state index >= 15 is 0 Å². The van der Waals surface area contributed by atoms with Crippen LogP contribution >= 0.6 is 27.7 Å². The zero-order chi connectivity index (χ0) is 18.6. The first kappa shape index (κ1) is 18.5. The molecule has 0 bridgehead atoms. The molecule has 27 heavy (non-hydrogen) atoms. The Morgan fingerprint density at radius 3 is 2.96 bits per heavy atom. The van der Waals surface area contributed by atoms with E-state index in [1.165, 1.54) is 5.56 Å². The van der Waals surface area contributed by atoms with E-state index in [-0.39, 0.29) is 5.75 Å². The van der Waals surface area contributed by atoms with Gasteiger partial charge in [0.1, 0.15) is 11.6 Å². The lowest BCUT2D eigenvalue weighted by atomic mass is 10.1. The van der Waals surface area contributed by atoms with Crippen molar-refractivity contribution in [3.63, 3.8) is 0 Å². The summed E-state index contributed by atoms with van der Waals surface area (Å²) in [6.07, 6.45) is 2.63. The number of rotatable bonds is 4. The molecule has 2 N–H and O–H groups in total. The number of fused-ring (bicyclic) bond motifs is 1. The summed E-state index contributed by atoms with van der Waals surface area (Å²) in [5, 5.41) is 13.8. The summed E-state index contributed by atoms with van der Waals surface area (Å²) in [6.45, 7) is 3.14. The normalized spacial score (nSPS) is 17.1. The Morgan fingerprint density at radius 1 is 1.30 bits per heavy atom. The molecule has 1 fully saturated rings. The number of ether oxygens (including phenoxy) is 1. The van der Waals surface area contributed by atoms with Crippen LogP contribution in [0.3, 0.4) is 0 Å². The Morgan fingerprint density at radius 2 is 2.15 bits per heavy atom. The highest BCUT2D eigenvalue weighted by atomic mass is 79.9. The minimum Gasteiger partial charge on any atom is -0.507 e. The third kappa shape index (κ3) is 4.36. The molecule has 7 nitrogen and oxygen atoms in total. The fraction of sp³-hybridized carbons (Fsp3) is 0.389. The predicted molar refractivity (Wildman–Crippen MR) is 112 cm³/mol. The monoisotopic (exact) mass is 449 g/mol. The first-order chi connectivity index (χ1) is 13.2. The second kappa shape index (κ2) is 8.45. The van der Waals surface area contributed by atoms with Crippen molar-refractivity contribution in [2.24, 2.45) is 5.10 Å². The van der Waals surface area contributed by atoms with Crippen LogP contribution in [0, 0.1) is 0 Å². The molecule has 0 unspecified atom stereocenters. The van der Waals surface area contributed by atoms with Crippen molar-refractivity contribution in [3.8, 4) is 5.75 Å². The number of aromatic hydroxyl groups is 1. The molecule has 3 heterocycles. The van der Waals surface area contributed by atoms with Gasteiger partial charge < -0.3 is 14.7 Å². The Labute approximate surface area is 170 Å². The van der Waals surface area contributed by atoms with Gasteiger partial charge in [0.25, 0.3) is 0 Å². The lowest BCUT2D eigenvalue weighted by Crippen LogP contribution is -2.38. The van der Waals surface area contributed by atoms with E-state index in [2.05, 4.69) is 36.3 Å². The molecule has 0 aliphatic carbocycles. The van der Waals surface area contributed by atoms with Gasteiger partial charge in [-0.25, -0.2) is 10.4 Å². The third-order valence-corrected chi connectivity index (χ3v) is 6.08. The van der Waals surface area contributed by atoms with Crippen LogP contribution in [0.4, 0.5) is 11.8 Å². The molecule has 0 radical (unpaired) electrons. The fourth-order valence-electron chi connectivity index (χ4n) is 3.07. The topological polar surface area (TPSA) is 82.9 Å². The lowest BCUT2D eigenvalue weighted by molar-refractivity contribution is 0.122. The molecule has 1 saturated heterocycles. The number of hydrazone groups is 1. The molecular weight excluding hydrogens is 430 g/mol. The van der Waals surface area contributed by atoms with E-state index in [1.807, 2.05) is 11.8 Å². The number of hydrogen-bond acceptors (Lipinski definition) is 8. The lowest BCUT2D eigenvalue weighted by Gasteiger charge is -2.31. The number of aromatic nitrogens is 2. The Kier molecular flexibility index (Phi) is 5.80. The van der Waals surface area contributed by atoms with Crippen molar-refractivity contribution in [2.45, 2.75) is 12.2 Å². The summed E-state index contributed by atoms with van der Waals surface area (Å²) in [7, 11) is 0. The van der Waals surface area contributed by atoms with E-state index in [4.69, 9.17) is 9.72 Å². The molecule has 0 amide bonds. The third-order valence-electron chi connectivity index (χ3n) is 4.46. The predicted octanol–water partition coefficient (Wildman–Crippen LogP) is 3.02. The number of halogens is 1. The average molecular weight is 450 g/mol. The molecule has 0 atom stereocenters. The molecule has 142 valence electrons. The maximum Gasteiger partial charge on any atom is 0.245 e. The zero-order valence-electron chi connectivity index (χ0n) is 14.7. The summed E-state index contributed by atoms with van der Waals surface area (Å²) in [5.74, 6) is 3.74. The number of phenols is 1. The molecule has 1 aromatic heterocycles. The minimum atomic E-state index is 0.200. The molecule has 2 aliphatic heterocycles. The van der Waals surface area contributed by atoms with Crippen LogP contribution in [0.25, 0.3) is 0 Å². The average Bonchev–Trinajstić information content (AvgIpc) is 2.71. The second-order valence-electron chi connectivity index (χ2n) is 6.28. The highest BCUT2D eigenvalue weighted by Gasteiger charge is 2.23. The van der Waals surface area contributed by atoms with E-state index in [1.54, 1.807) is 24.4 Å². The summed E-state index contributed by atoms with van der Waals surface area (Å²) in [5.41, 5.74) is 6.17.